The molecule has 1 heterocycles. The Hall–Kier alpha value is -4.09. The Kier molecular flexibility index (Phi) is 8.41. The first kappa shape index (κ1) is 27.5. The molecule has 37 heavy (non-hydrogen) atoms. The summed E-state index contributed by atoms with van der Waals surface area (Å²) in [6.45, 7) is 1.48. The van der Waals surface area contributed by atoms with Gasteiger partial charge in [-0.05, 0) is 36.5 Å². The number of halogens is 3. The molecule has 2 amide bonds. The molecule has 1 fully saturated rings. The van der Waals surface area contributed by atoms with Crippen molar-refractivity contribution in [3.63, 3.8) is 0 Å². The number of esters is 1. The predicted octanol–water partition coefficient (Wildman–Crippen LogP) is 3.14. The van der Waals surface area contributed by atoms with Crippen LogP contribution >= 0.6 is 0 Å². The van der Waals surface area contributed by atoms with Gasteiger partial charge in [0, 0.05) is 25.6 Å². The van der Waals surface area contributed by atoms with Crippen LogP contribution in [0.1, 0.15) is 58.8 Å². The molecule has 0 spiro atoms. The van der Waals surface area contributed by atoms with Crippen molar-refractivity contribution in [1.29, 1.82) is 0 Å². The van der Waals surface area contributed by atoms with Gasteiger partial charge in [-0.2, -0.15) is 18.2 Å². The van der Waals surface area contributed by atoms with Crippen LogP contribution in [0.3, 0.4) is 0 Å². The third-order valence-electron chi connectivity index (χ3n) is 5.99. The number of nitrogens with two attached hydrogens (primary N) is 2. The number of aliphatic imine (C=N–C) groups is 1. The van der Waals surface area contributed by atoms with E-state index in [1.807, 2.05) is 0 Å². The van der Waals surface area contributed by atoms with Gasteiger partial charge >= 0.3 is 12.1 Å². The second-order valence-corrected chi connectivity index (χ2v) is 8.48. The Morgan fingerprint density at radius 3 is 2.22 bits per heavy atom. The Balaban J connectivity index is 1.87. The molecule has 1 unspecified atom stereocenters. The van der Waals surface area contributed by atoms with Gasteiger partial charge < -0.3 is 25.8 Å². The molecule has 0 saturated carbocycles. The van der Waals surface area contributed by atoms with E-state index in [-0.39, 0.29) is 37.2 Å². The lowest BCUT2D eigenvalue weighted by Crippen LogP contribution is -2.41. The average Bonchev–Trinajstić information content (AvgIpc) is 2.85. The fourth-order valence-electron chi connectivity index (χ4n) is 4.32. The Morgan fingerprint density at radius 1 is 1.08 bits per heavy atom. The summed E-state index contributed by atoms with van der Waals surface area (Å²) in [5.41, 5.74) is 9.41. The minimum atomic E-state index is -4.77. The van der Waals surface area contributed by atoms with Crippen molar-refractivity contribution in [2.45, 2.75) is 38.0 Å². The fraction of sp³-hybridized carbons (Fsp3) is 0.360. The van der Waals surface area contributed by atoms with E-state index in [1.54, 1.807) is 30.3 Å². The average molecular weight is 521 g/mol. The lowest BCUT2D eigenvalue weighted by molar-refractivity contribution is -0.159. The molecule has 0 aliphatic carbocycles. The van der Waals surface area contributed by atoms with Crippen LogP contribution < -0.4 is 16.2 Å². The zero-order chi connectivity index (χ0) is 27.3. The molecule has 198 valence electrons. The number of carbonyl (C=O) groups is 3. The first-order valence-electron chi connectivity index (χ1n) is 11.4. The van der Waals surface area contributed by atoms with Crippen molar-refractivity contribution < 1.29 is 37.0 Å². The molecular weight excluding hydrogens is 493 g/mol. The second-order valence-electron chi connectivity index (χ2n) is 8.48. The van der Waals surface area contributed by atoms with Gasteiger partial charge in [0.05, 0.1) is 18.2 Å². The maximum atomic E-state index is 14.0. The number of hydrogen-bond donors (Lipinski definition) is 2. The molecule has 0 bridgehead atoms. The molecule has 9 nitrogen and oxygen atoms in total. The van der Waals surface area contributed by atoms with E-state index in [0.29, 0.717) is 11.6 Å². The number of piperidine rings is 1. The largest absolute Gasteiger partial charge is 0.496 e. The standard InChI is InChI=1S/C25H27F3N4O5/c1-14(33)37-21(16-6-4-3-5-7-16)23(35)32-10-8-15(9-11-32)17-13-20(36-2)18(22(34)31-24(29)30)12-19(17)25(26,27)28/h3-7,12-13,15,21H,8-11H2,1-2H3,(H4,29,30,31,34). The van der Waals surface area contributed by atoms with Gasteiger partial charge in [0.25, 0.3) is 11.8 Å². The van der Waals surface area contributed by atoms with Crippen LogP contribution in [0.4, 0.5) is 13.2 Å². The number of likely N-dealkylation sites (tertiary alicyclic amines) is 1. The van der Waals surface area contributed by atoms with Crippen LogP contribution in [0.5, 0.6) is 5.75 Å². The van der Waals surface area contributed by atoms with E-state index >= 15 is 0 Å². The lowest BCUT2D eigenvalue weighted by atomic mass is 9.85. The maximum Gasteiger partial charge on any atom is 0.416 e. The van der Waals surface area contributed by atoms with Gasteiger partial charge in [0.15, 0.2) is 5.96 Å². The van der Waals surface area contributed by atoms with Crippen LogP contribution in [0.15, 0.2) is 47.5 Å². The summed E-state index contributed by atoms with van der Waals surface area (Å²) in [7, 11) is 1.22. The van der Waals surface area contributed by atoms with Crippen molar-refractivity contribution in [1.82, 2.24) is 4.90 Å². The number of amides is 2. The number of methoxy groups -OCH3 is 1. The third kappa shape index (κ3) is 6.57. The predicted molar refractivity (Wildman–Crippen MR) is 128 cm³/mol. The van der Waals surface area contributed by atoms with E-state index in [1.165, 1.54) is 25.0 Å². The van der Waals surface area contributed by atoms with Gasteiger partial charge in [-0.25, -0.2) is 0 Å². The van der Waals surface area contributed by atoms with Gasteiger partial charge in [0.2, 0.25) is 6.10 Å². The highest BCUT2D eigenvalue weighted by molar-refractivity contribution is 6.04. The van der Waals surface area contributed by atoms with Gasteiger partial charge in [-0.15, -0.1) is 0 Å². The maximum absolute atomic E-state index is 14.0. The topological polar surface area (TPSA) is 137 Å². The molecule has 1 atom stereocenters. The van der Waals surface area contributed by atoms with E-state index < -0.39 is 53.1 Å². The number of hydrogen-bond acceptors (Lipinski definition) is 5. The molecule has 2 aromatic rings. The molecule has 12 heteroatoms. The van der Waals surface area contributed by atoms with Crippen LogP contribution in [-0.2, 0) is 20.5 Å². The van der Waals surface area contributed by atoms with Crippen molar-refractivity contribution in [3.05, 3.63) is 64.7 Å². The highest BCUT2D eigenvalue weighted by Crippen LogP contribution is 2.42. The summed E-state index contributed by atoms with van der Waals surface area (Å²) in [5.74, 6) is -3.42. The normalized spacial score (nSPS) is 15.0. The summed E-state index contributed by atoms with van der Waals surface area (Å²) in [6, 6.07) is 10.3. The summed E-state index contributed by atoms with van der Waals surface area (Å²) in [4.78, 5) is 41.9. The number of rotatable bonds is 6. The second kappa shape index (κ2) is 11.3. The molecule has 2 aromatic carbocycles. The summed E-state index contributed by atoms with van der Waals surface area (Å²) in [5, 5.41) is 0. The van der Waals surface area contributed by atoms with E-state index in [4.69, 9.17) is 20.9 Å². The molecule has 1 saturated heterocycles. The Bertz CT molecular complexity index is 1190. The monoisotopic (exact) mass is 520 g/mol. The van der Waals surface area contributed by atoms with Gasteiger partial charge in [-0.1, -0.05) is 30.3 Å². The molecule has 0 radical (unpaired) electrons. The van der Waals surface area contributed by atoms with Crippen molar-refractivity contribution in [3.8, 4) is 5.75 Å². The van der Waals surface area contributed by atoms with Crippen LogP contribution in [0.25, 0.3) is 0 Å². The van der Waals surface area contributed by atoms with Crippen LogP contribution in [-0.4, -0.2) is 48.8 Å². The molecule has 1 aliphatic heterocycles. The molecule has 1 aliphatic rings. The van der Waals surface area contributed by atoms with Gasteiger partial charge in [0.1, 0.15) is 5.75 Å². The molecule has 4 N–H and O–H groups in total. The zero-order valence-corrected chi connectivity index (χ0v) is 20.2. The van der Waals surface area contributed by atoms with Crippen molar-refractivity contribution in [2.24, 2.45) is 16.5 Å². The number of benzene rings is 2. The van der Waals surface area contributed by atoms with E-state index in [9.17, 15) is 27.6 Å². The summed E-state index contributed by atoms with van der Waals surface area (Å²) in [6.07, 6.45) is -5.50. The first-order chi connectivity index (χ1) is 17.4. The van der Waals surface area contributed by atoms with Crippen LogP contribution in [0, 0.1) is 0 Å². The Labute approximate surface area is 211 Å². The lowest BCUT2D eigenvalue weighted by Gasteiger charge is -2.35. The summed E-state index contributed by atoms with van der Waals surface area (Å²) < 4.78 is 52.5. The highest BCUT2D eigenvalue weighted by atomic mass is 19.4. The highest BCUT2D eigenvalue weighted by Gasteiger charge is 2.39. The summed E-state index contributed by atoms with van der Waals surface area (Å²) >= 11 is 0. The number of alkyl halides is 3. The fourth-order valence-corrected chi connectivity index (χ4v) is 4.32. The van der Waals surface area contributed by atoms with Crippen LogP contribution in [0.2, 0.25) is 0 Å². The number of carbonyl (C=O) groups excluding carboxylic acids is 3. The SMILES string of the molecule is COc1cc(C2CCN(C(=O)C(OC(C)=O)c3ccccc3)CC2)c(C(F)(F)F)cc1C(=O)N=C(N)N. The third-order valence-corrected chi connectivity index (χ3v) is 5.99. The van der Waals surface area contributed by atoms with E-state index in [2.05, 4.69) is 4.99 Å². The zero-order valence-electron chi connectivity index (χ0n) is 20.2. The van der Waals surface area contributed by atoms with Crippen molar-refractivity contribution in [2.75, 3.05) is 20.2 Å². The molecular formula is C25H27F3N4O5. The smallest absolute Gasteiger partial charge is 0.416 e. The minimum Gasteiger partial charge on any atom is -0.496 e. The number of nitrogens with zero attached hydrogens (tertiary/aromatic N) is 2. The van der Waals surface area contributed by atoms with Gasteiger partial charge in [-0.3, -0.25) is 14.4 Å². The molecule has 3 rings (SSSR count). The number of ether oxygens (including phenoxy) is 2. The van der Waals surface area contributed by atoms with E-state index in [0.717, 1.165) is 0 Å². The Morgan fingerprint density at radius 2 is 1.70 bits per heavy atom. The minimum absolute atomic E-state index is 0.0581. The first-order valence-corrected chi connectivity index (χ1v) is 11.4. The quantitative estimate of drug-likeness (QED) is 0.339. The number of guanidine groups is 1. The van der Waals surface area contributed by atoms with Crippen molar-refractivity contribution >= 4 is 23.7 Å². The molecule has 0 aromatic heterocycles.